The molecule has 2 unspecified atom stereocenters. The van der Waals surface area contributed by atoms with Crippen molar-refractivity contribution in [3.05, 3.63) is 35.4 Å². The summed E-state index contributed by atoms with van der Waals surface area (Å²) in [4.78, 5) is 0. The largest absolute Gasteiger partial charge is 0.230 e. The van der Waals surface area contributed by atoms with Crippen molar-refractivity contribution >= 4 is 18.5 Å². The average molecular weight is 188 g/mol. The fourth-order valence-corrected chi connectivity index (χ4v) is 1.24. The molecule has 0 heterocycles. The molecule has 0 amide bonds. The molecular weight excluding hydrogens is 177 g/mol. The maximum absolute atomic E-state index is 13.2. The van der Waals surface area contributed by atoms with Crippen molar-refractivity contribution in [1.29, 1.82) is 0 Å². The zero-order chi connectivity index (χ0) is 8.48. The number of hydrogen-bond acceptors (Lipinski definition) is 0. The van der Waals surface area contributed by atoms with Gasteiger partial charge >= 0.3 is 0 Å². The summed E-state index contributed by atoms with van der Waals surface area (Å²) in [5.74, 6) is 0. The fourth-order valence-electron chi connectivity index (χ4n) is 0.883. The lowest BCUT2D eigenvalue weighted by atomic mass is 10.1. The van der Waals surface area contributed by atoms with E-state index in [2.05, 4.69) is 18.5 Å². The minimum absolute atomic E-state index is 0.674. The Hall–Kier alpha value is 0.0100. The van der Waals surface area contributed by atoms with E-state index in [0.717, 1.165) is 5.56 Å². The van der Waals surface area contributed by atoms with Crippen molar-refractivity contribution in [2.75, 3.05) is 0 Å². The number of aryl methyl sites for hydroxylation is 1. The van der Waals surface area contributed by atoms with Crippen molar-refractivity contribution < 1.29 is 4.39 Å². The van der Waals surface area contributed by atoms with Crippen LogP contribution < -0.4 is 0 Å². The van der Waals surface area contributed by atoms with E-state index >= 15 is 0 Å². The van der Waals surface area contributed by atoms with E-state index < -0.39 is 5.15 Å². The summed E-state index contributed by atoms with van der Waals surface area (Å²) in [5.41, 5.74) is 1.75. The van der Waals surface area contributed by atoms with Crippen LogP contribution in [-0.2, 0) is 5.15 Å². The summed E-state index contributed by atoms with van der Waals surface area (Å²) in [7, 11) is 4.30. The lowest BCUT2D eigenvalue weighted by Crippen LogP contribution is -1.99. The highest BCUT2D eigenvalue weighted by atomic mass is 31.1. The van der Waals surface area contributed by atoms with E-state index in [4.69, 9.17) is 0 Å². The normalized spacial score (nSPS) is 11.6. The van der Waals surface area contributed by atoms with Crippen LogP contribution in [0.1, 0.15) is 11.1 Å². The highest BCUT2D eigenvalue weighted by Gasteiger charge is 2.18. The molecule has 0 aliphatic rings. The molecule has 0 saturated heterocycles. The molecule has 1 aromatic carbocycles. The molecule has 1 rings (SSSR count). The van der Waals surface area contributed by atoms with E-state index in [-0.39, 0.29) is 0 Å². The Morgan fingerprint density at radius 2 is 2.00 bits per heavy atom. The van der Waals surface area contributed by atoms with Crippen LogP contribution in [0.2, 0.25) is 0 Å². The second-order valence-electron chi connectivity index (χ2n) is 2.64. The lowest BCUT2D eigenvalue weighted by Gasteiger charge is -2.14. The lowest BCUT2D eigenvalue weighted by molar-refractivity contribution is 0.423. The van der Waals surface area contributed by atoms with Crippen LogP contribution in [0.15, 0.2) is 24.3 Å². The number of halogens is 1. The number of rotatable bonds is 1. The molecule has 0 saturated carbocycles. The predicted octanol–water partition coefficient (Wildman–Crippen LogP) is 2.83. The van der Waals surface area contributed by atoms with Crippen LogP contribution in [-0.4, -0.2) is 0 Å². The van der Waals surface area contributed by atoms with E-state index in [0.29, 0.717) is 5.56 Å². The van der Waals surface area contributed by atoms with E-state index in [1.54, 1.807) is 6.07 Å². The Labute approximate surface area is 71.0 Å². The first-order chi connectivity index (χ1) is 5.00. The molecule has 2 atom stereocenters. The molecule has 0 bridgehead atoms. The Balaban J connectivity index is 3.06. The van der Waals surface area contributed by atoms with Gasteiger partial charge in [0.05, 0.1) is 0 Å². The fraction of sp³-hybridized carbons (Fsp3) is 0.250. The highest BCUT2D eigenvalue weighted by molar-refractivity contribution is 7.38. The van der Waals surface area contributed by atoms with Crippen molar-refractivity contribution in [2.45, 2.75) is 12.1 Å². The van der Waals surface area contributed by atoms with Gasteiger partial charge in [-0.1, -0.05) is 48.3 Å². The molecular formula is C8H11FP2. The molecule has 60 valence electrons. The van der Waals surface area contributed by atoms with Crippen LogP contribution in [0.4, 0.5) is 4.39 Å². The topological polar surface area (TPSA) is 0 Å². The SMILES string of the molecule is Cc1cccc(C(F)(P)P)c1. The van der Waals surface area contributed by atoms with E-state index in [1.165, 1.54) is 0 Å². The molecule has 0 radical (unpaired) electrons. The molecule has 0 aromatic heterocycles. The van der Waals surface area contributed by atoms with Gasteiger partial charge in [0.1, 0.15) is 0 Å². The molecule has 0 N–H and O–H groups in total. The second kappa shape index (κ2) is 3.17. The van der Waals surface area contributed by atoms with Gasteiger partial charge in [-0.2, -0.15) is 0 Å². The van der Waals surface area contributed by atoms with Gasteiger partial charge in [0.15, 0.2) is 5.15 Å². The Kier molecular flexibility index (Phi) is 2.62. The van der Waals surface area contributed by atoms with Crippen LogP contribution in [0.5, 0.6) is 0 Å². The van der Waals surface area contributed by atoms with E-state index in [1.807, 2.05) is 25.1 Å². The number of alkyl halides is 1. The van der Waals surface area contributed by atoms with Crippen LogP contribution in [0, 0.1) is 6.92 Å². The van der Waals surface area contributed by atoms with Crippen molar-refractivity contribution in [3.63, 3.8) is 0 Å². The first kappa shape index (κ1) is 9.10. The average Bonchev–Trinajstić information content (AvgIpc) is 1.86. The van der Waals surface area contributed by atoms with Gasteiger partial charge < -0.3 is 0 Å². The van der Waals surface area contributed by atoms with Crippen LogP contribution in [0.3, 0.4) is 0 Å². The highest BCUT2D eigenvalue weighted by Crippen LogP contribution is 2.39. The Morgan fingerprint density at radius 3 is 2.36 bits per heavy atom. The monoisotopic (exact) mass is 188 g/mol. The molecule has 3 heteroatoms. The van der Waals surface area contributed by atoms with Crippen molar-refractivity contribution in [3.8, 4) is 0 Å². The van der Waals surface area contributed by atoms with Gasteiger partial charge in [0, 0.05) is 0 Å². The number of hydrogen-bond donors (Lipinski definition) is 0. The first-order valence-corrected chi connectivity index (χ1v) is 4.49. The van der Waals surface area contributed by atoms with Crippen LogP contribution >= 0.6 is 18.5 Å². The standard InChI is InChI=1S/C8H11FP2/c1-6-3-2-4-7(5-6)8(9,10)11/h2-5H,10-11H2,1H3. The summed E-state index contributed by atoms with van der Waals surface area (Å²) < 4.78 is 13.2. The van der Waals surface area contributed by atoms with Gasteiger partial charge in [0.2, 0.25) is 0 Å². The smallest absolute Gasteiger partial charge is 0.160 e. The maximum atomic E-state index is 13.2. The molecule has 11 heavy (non-hydrogen) atoms. The zero-order valence-corrected chi connectivity index (χ0v) is 8.65. The van der Waals surface area contributed by atoms with Crippen molar-refractivity contribution in [1.82, 2.24) is 0 Å². The summed E-state index contributed by atoms with van der Waals surface area (Å²) in [5, 5.41) is -1.38. The molecule has 0 nitrogen and oxygen atoms in total. The third kappa shape index (κ3) is 2.51. The predicted molar refractivity (Wildman–Crippen MR) is 53.4 cm³/mol. The van der Waals surface area contributed by atoms with Crippen molar-refractivity contribution in [2.24, 2.45) is 0 Å². The van der Waals surface area contributed by atoms with Gasteiger partial charge in [-0.05, 0) is 12.5 Å². The molecule has 0 aliphatic heterocycles. The third-order valence-electron chi connectivity index (χ3n) is 1.46. The summed E-state index contributed by atoms with van der Waals surface area (Å²) in [6.45, 7) is 1.95. The van der Waals surface area contributed by atoms with E-state index in [9.17, 15) is 4.39 Å². The zero-order valence-electron chi connectivity index (χ0n) is 6.34. The summed E-state index contributed by atoms with van der Waals surface area (Å²) >= 11 is 0. The van der Waals surface area contributed by atoms with Gasteiger partial charge in [-0.15, -0.1) is 0 Å². The minimum atomic E-state index is -1.38. The maximum Gasteiger partial charge on any atom is 0.160 e. The van der Waals surface area contributed by atoms with Crippen LogP contribution in [0.25, 0.3) is 0 Å². The Bertz CT molecular complexity index is 253. The molecule has 0 spiro atoms. The molecule has 0 fully saturated rings. The third-order valence-corrected chi connectivity index (χ3v) is 2.13. The quantitative estimate of drug-likeness (QED) is 0.594. The van der Waals surface area contributed by atoms with Gasteiger partial charge in [-0.3, -0.25) is 0 Å². The van der Waals surface area contributed by atoms with Gasteiger partial charge in [0.25, 0.3) is 0 Å². The summed E-state index contributed by atoms with van der Waals surface area (Å²) in [6.07, 6.45) is 0. The van der Waals surface area contributed by atoms with Gasteiger partial charge in [-0.25, -0.2) is 4.39 Å². The Morgan fingerprint density at radius 1 is 1.36 bits per heavy atom. The summed E-state index contributed by atoms with van der Waals surface area (Å²) in [6, 6.07) is 7.41. The molecule has 0 aliphatic carbocycles. The second-order valence-corrected chi connectivity index (χ2v) is 4.98. The molecule has 1 aromatic rings. The minimum Gasteiger partial charge on any atom is -0.230 e. The number of benzene rings is 1. The first-order valence-electron chi connectivity index (χ1n) is 3.34.